The summed E-state index contributed by atoms with van der Waals surface area (Å²) in [7, 11) is 3.78. The van der Waals surface area contributed by atoms with Crippen LogP contribution in [0.4, 0.5) is 5.69 Å². The van der Waals surface area contributed by atoms with Crippen molar-refractivity contribution in [2.45, 2.75) is 13.8 Å². The first-order chi connectivity index (χ1) is 15.2. The molecule has 2 aromatic carbocycles. The van der Waals surface area contributed by atoms with Crippen molar-refractivity contribution in [2.75, 3.05) is 32.6 Å². The maximum absolute atomic E-state index is 12.6. The number of amides is 1. The summed E-state index contributed by atoms with van der Waals surface area (Å²) < 4.78 is 10.8. The molecule has 0 aliphatic rings. The lowest BCUT2D eigenvalue weighted by Gasteiger charge is -2.08. The third kappa shape index (κ3) is 5.92. The summed E-state index contributed by atoms with van der Waals surface area (Å²) in [5.41, 5.74) is 3.37. The molecule has 0 unspecified atom stereocenters. The van der Waals surface area contributed by atoms with E-state index in [1.54, 1.807) is 30.3 Å². The largest absolute Gasteiger partial charge is 0.461 e. The van der Waals surface area contributed by atoms with E-state index in [0.29, 0.717) is 29.8 Å². The highest BCUT2D eigenvalue weighted by atomic mass is 16.5. The molecule has 7 heteroatoms. The molecule has 0 radical (unpaired) electrons. The number of carbonyl (C=O) groups is 2. The molecule has 0 atom stereocenters. The molecule has 32 heavy (non-hydrogen) atoms. The zero-order valence-electron chi connectivity index (χ0n) is 18.6. The Hall–Kier alpha value is -3.71. The molecule has 0 saturated carbocycles. The molecule has 166 valence electrons. The van der Waals surface area contributed by atoms with Crippen molar-refractivity contribution in [1.82, 2.24) is 4.90 Å². The Morgan fingerprint density at radius 2 is 1.84 bits per heavy atom. The van der Waals surface area contributed by atoms with Gasteiger partial charge in [0.2, 0.25) is 0 Å². The lowest BCUT2D eigenvalue weighted by Crippen LogP contribution is -2.19. The molecule has 7 nitrogen and oxygen atoms in total. The summed E-state index contributed by atoms with van der Waals surface area (Å²) in [5.74, 6) is -1.04. The number of esters is 1. The van der Waals surface area contributed by atoms with Crippen molar-refractivity contribution < 1.29 is 18.7 Å². The Labute approximate surface area is 186 Å². The first kappa shape index (κ1) is 23.0. The third-order valence-corrected chi connectivity index (χ3v) is 4.93. The second kappa shape index (κ2) is 10.1. The number of aryl methyl sites for hydroxylation is 2. The first-order valence-corrected chi connectivity index (χ1v) is 10.2. The van der Waals surface area contributed by atoms with Gasteiger partial charge in [-0.25, -0.2) is 4.79 Å². The fraction of sp³-hybridized carbons (Fsp3) is 0.240. The summed E-state index contributed by atoms with van der Waals surface area (Å²) in [4.78, 5) is 38.9. The van der Waals surface area contributed by atoms with E-state index in [2.05, 4.69) is 5.32 Å². The smallest absolute Gasteiger partial charge is 0.330 e. The van der Waals surface area contributed by atoms with E-state index >= 15 is 0 Å². The molecule has 1 heterocycles. The van der Waals surface area contributed by atoms with Crippen molar-refractivity contribution in [3.63, 3.8) is 0 Å². The van der Waals surface area contributed by atoms with Crippen molar-refractivity contribution >= 4 is 34.6 Å². The van der Waals surface area contributed by atoms with Gasteiger partial charge in [0.25, 0.3) is 5.91 Å². The molecule has 3 aromatic rings. The minimum atomic E-state index is -0.503. The highest BCUT2D eigenvalue weighted by Crippen LogP contribution is 2.18. The SMILES string of the molecule is Cc1ccc(NC(=O)c2cc(=O)c3cc(/C=C/C(=O)OCCN(C)C)ccc3o2)cc1C. The first-order valence-electron chi connectivity index (χ1n) is 10.2. The highest BCUT2D eigenvalue weighted by Gasteiger charge is 2.13. The average molecular weight is 434 g/mol. The van der Waals surface area contributed by atoms with E-state index in [4.69, 9.17) is 9.15 Å². The molecule has 0 saturated heterocycles. The zero-order chi connectivity index (χ0) is 23.3. The fourth-order valence-corrected chi connectivity index (χ4v) is 2.94. The maximum atomic E-state index is 12.6. The maximum Gasteiger partial charge on any atom is 0.330 e. The Kier molecular flexibility index (Phi) is 7.22. The Balaban J connectivity index is 1.75. The van der Waals surface area contributed by atoms with Crippen LogP contribution in [0.3, 0.4) is 0 Å². The highest BCUT2D eigenvalue weighted by molar-refractivity contribution is 6.03. The van der Waals surface area contributed by atoms with Gasteiger partial charge in [0.05, 0.1) is 5.39 Å². The monoisotopic (exact) mass is 434 g/mol. The van der Waals surface area contributed by atoms with Gasteiger partial charge in [-0.3, -0.25) is 9.59 Å². The molecule has 3 rings (SSSR count). The van der Waals surface area contributed by atoms with Crippen LogP contribution in [0.25, 0.3) is 17.0 Å². The Bertz CT molecular complexity index is 1240. The minimum absolute atomic E-state index is 0.0755. The lowest BCUT2D eigenvalue weighted by atomic mass is 10.1. The number of rotatable bonds is 7. The summed E-state index contributed by atoms with van der Waals surface area (Å²) in [5, 5.41) is 3.06. The molecule has 0 aliphatic heterocycles. The summed E-state index contributed by atoms with van der Waals surface area (Å²) in [6.45, 7) is 4.87. The Morgan fingerprint density at radius 1 is 1.06 bits per heavy atom. The number of nitrogens with zero attached hydrogens (tertiary/aromatic N) is 1. The number of anilines is 1. The molecule has 1 N–H and O–H groups in total. The van der Waals surface area contributed by atoms with Crippen LogP contribution in [0.1, 0.15) is 27.2 Å². The minimum Gasteiger partial charge on any atom is -0.461 e. The average Bonchev–Trinajstić information content (AvgIpc) is 2.74. The number of ether oxygens (including phenoxy) is 1. The second-order valence-corrected chi connectivity index (χ2v) is 7.79. The van der Waals surface area contributed by atoms with Gasteiger partial charge in [0.1, 0.15) is 12.2 Å². The van der Waals surface area contributed by atoms with E-state index in [0.717, 1.165) is 11.1 Å². The van der Waals surface area contributed by atoms with Crippen LogP contribution in [0.2, 0.25) is 0 Å². The number of fused-ring (bicyclic) bond motifs is 1. The van der Waals surface area contributed by atoms with E-state index in [-0.39, 0.29) is 16.8 Å². The van der Waals surface area contributed by atoms with Crippen LogP contribution in [0.15, 0.2) is 57.8 Å². The summed E-state index contributed by atoms with van der Waals surface area (Å²) in [6, 6.07) is 11.6. The molecule has 0 spiro atoms. The lowest BCUT2D eigenvalue weighted by molar-refractivity contribution is -0.137. The molecule has 1 amide bonds. The third-order valence-electron chi connectivity index (χ3n) is 4.93. The van der Waals surface area contributed by atoms with Crippen molar-refractivity contribution in [2.24, 2.45) is 0 Å². The van der Waals surface area contributed by atoms with Crippen LogP contribution in [0, 0.1) is 13.8 Å². The standard InChI is InChI=1S/C25H26N2O5/c1-16-5-8-19(13-17(16)2)26-25(30)23-15-21(28)20-14-18(6-9-22(20)32-23)7-10-24(29)31-12-11-27(3)4/h5-10,13-15H,11-12H2,1-4H3,(H,26,30)/b10-7+. The van der Waals surface area contributed by atoms with Gasteiger partial charge in [0.15, 0.2) is 11.2 Å². The Morgan fingerprint density at radius 3 is 2.56 bits per heavy atom. The van der Waals surface area contributed by atoms with E-state index in [1.807, 2.05) is 45.0 Å². The van der Waals surface area contributed by atoms with E-state index < -0.39 is 11.9 Å². The predicted octanol–water partition coefficient (Wildman–Crippen LogP) is 3.78. The van der Waals surface area contributed by atoms with Crippen LogP contribution >= 0.6 is 0 Å². The van der Waals surface area contributed by atoms with Crippen LogP contribution in [0.5, 0.6) is 0 Å². The molecule has 0 aliphatic carbocycles. The summed E-state index contributed by atoms with van der Waals surface area (Å²) in [6.07, 6.45) is 2.88. The van der Waals surface area contributed by atoms with E-state index in [9.17, 15) is 14.4 Å². The summed E-state index contributed by atoms with van der Waals surface area (Å²) >= 11 is 0. The van der Waals surface area contributed by atoms with Crippen molar-refractivity contribution in [1.29, 1.82) is 0 Å². The van der Waals surface area contributed by atoms with Gasteiger partial charge in [-0.05, 0) is 75.0 Å². The number of hydrogen-bond acceptors (Lipinski definition) is 6. The van der Waals surface area contributed by atoms with Gasteiger partial charge in [-0.15, -0.1) is 0 Å². The zero-order valence-corrected chi connectivity index (χ0v) is 18.6. The number of carbonyl (C=O) groups excluding carboxylic acids is 2. The van der Waals surface area contributed by atoms with Crippen molar-refractivity contribution in [3.05, 3.63) is 81.2 Å². The number of nitrogens with one attached hydrogen (secondary N) is 1. The topological polar surface area (TPSA) is 88.8 Å². The number of likely N-dealkylation sites (N-methyl/N-ethyl adjacent to an activating group) is 1. The number of benzene rings is 2. The number of hydrogen-bond donors (Lipinski definition) is 1. The van der Waals surface area contributed by atoms with Gasteiger partial charge < -0.3 is 19.4 Å². The normalized spacial score (nSPS) is 11.3. The van der Waals surface area contributed by atoms with Crippen molar-refractivity contribution in [3.8, 4) is 0 Å². The molecular formula is C25H26N2O5. The molecule has 0 fully saturated rings. The van der Waals surface area contributed by atoms with Gasteiger partial charge in [-0.1, -0.05) is 12.1 Å². The van der Waals surface area contributed by atoms with Crippen LogP contribution < -0.4 is 10.7 Å². The molecule has 0 bridgehead atoms. The van der Waals surface area contributed by atoms with Crippen LogP contribution in [-0.4, -0.2) is 44.0 Å². The molecular weight excluding hydrogens is 408 g/mol. The second-order valence-electron chi connectivity index (χ2n) is 7.79. The van der Waals surface area contributed by atoms with Gasteiger partial charge >= 0.3 is 5.97 Å². The fourth-order valence-electron chi connectivity index (χ4n) is 2.94. The van der Waals surface area contributed by atoms with E-state index in [1.165, 1.54) is 12.1 Å². The van der Waals surface area contributed by atoms with Crippen LogP contribution in [-0.2, 0) is 9.53 Å². The predicted molar refractivity (Wildman–Crippen MR) is 125 cm³/mol. The van der Waals surface area contributed by atoms with Gasteiger partial charge in [-0.2, -0.15) is 0 Å². The quantitative estimate of drug-likeness (QED) is 0.450. The van der Waals surface area contributed by atoms with Gasteiger partial charge in [0, 0.05) is 24.4 Å². The molecule has 1 aromatic heterocycles.